The van der Waals surface area contributed by atoms with Gasteiger partial charge in [0.1, 0.15) is 22.6 Å². The Labute approximate surface area is 294 Å². The van der Waals surface area contributed by atoms with Gasteiger partial charge in [0.05, 0.1) is 50.2 Å². The number of ether oxygens (including phenoxy) is 4. The number of imidazole rings is 1. The van der Waals surface area contributed by atoms with Crippen molar-refractivity contribution in [3.05, 3.63) is 93.9 Å². The van der Waals surface area contributed by atoms with Gasteiger partial charge in [0.25, 0.3) is 0 Å². The van der Waals surface area contributed by atoms with Gasteiger partial charge in [-0.25, -0.2) is 19.1 Å². The van der Waals surface area contributed by atoms with Crippen LogP contribution in [0.15, 0.2) is 66.9 Å². The third-order valence-electron chi connectivity index (χ3n) is 6.09. The number of alkyl halides is 1. The number of nitrogens with two attached hydrogens (primary N) is 1. The zero-order valence-electron chi connectivity index (χ0n) is 26.3. The highest BCUT2D eigenvalue weighted by atomic mass is 79.9. The lowest BCUT2D eigenvalue weighted by Gasteiger charge is -2.04. The number of ketones is 1. The molecule has 3 heterocycles. The first-order valence-electron chi connectivity index (χ1n) is 14.1. The van der Waals surface area contributed by atoms with Gasteiger partial charge in [-0.3, -0.25) is 4.79 Å². The van der Waals surface area contributed by atoms with Crippen molar-refractivity contribution in [3.63, 3.8) is 0 Å². The Kier molecular flexibility index (Phi) is 14.5. The number of nitrogens with zero attached hydrogens (tertiary/aromatic N) is 5. The van der Waals surface area contributed by atoms with Gasteiger partial charge in [-0.05, 0) is 50.2 Å². The SMILES string of the molecule is CCOC(=O)c1cc(Cl)nn2cc(-c3ccccc3OC)nc12.CCOC(=O)c1cc(Cl)nnc1N.COc1ccccc1C(=O)CBr. The number of Topliss-reactive ketones (excluding diaryl/α,β-unsaturated/α-hetero) is 1. The Morgan fingerprint density at radius 3 is 2.02 bits per heavy atom. The maximum atomic E-state index is 12.1. The molecular formula is C32H31BrCl2N6O7. The van der Waals surface area contributed by atoms with Crippen molar-refractivity contribution < 1.29 is 33.3 Å². The summed E-state index contributed by atoms with van der Waals surface area (Å²) < 4.78 is 21.6. The van der Waals surface area contributed by atoms with Crippen LogP contribution in [0.5, 0.6) is 11.5 Å². The summed E-state index contributed by atoms with van der Waals surface area (Å²) in [6.45, 7) is 3.98. The van der Waals surface area contributed by atoms with Crippen LogP contribution < -0.4 is 15.2 Å². The van der Waals surface area contributed by atoms with Crippen LogP contribution in [0.3, 0.4) is 0 Å². The molecule has 2 N–H and O–H groups in total. The molecule has 0 bridgehead atoms. The number of nitrogen functional groups attached to an aromatic ring is 1. The number of fused-ring (bicyclic) bond motifs is 1. The summed E-state index contributed by atoms with van der Waals surface area (Å²) in [6, 6.07) is 17.4. The first-order valence-corrected chi connectivity index (χ1v) is 16.0. The number of hydrogen-bond acceptors (Lipinski definition) is 12. The van der Waals surface area contributed by atoms with Gasteiger partial charge >= 0.3 is 11.9 Å². The summed E-state index contributed by atoms with van der Waals surface area (Å²) in [6.07, 6.45) is 1.70. The number of halogens is 3. The van der Waals surface area contributed by atoms with Gasteiger partial charge in [0.2, 0.25) is 0 Å². The minimum absolute atomic E-state index is 0.0165. The Hall–Kier alpha value is -4.79. The lowest BCUT2D eigenvalue weighted by molar-refractivity contribution is 0.0517. The summed E-state index contributed by atoms with van der Waals surface area (Å²) >= 11 is 14.6. The smallest absolute Gasteiger partial charge is 0.342 e. The Balaban J connectivity index is 0.000000213. The molecule has 0 radical (unpaired) electrons. The topological polar surface area (TPSA) is 170 Å². The maximum absolute atomic E-state index is 12.1. The van der Waals surface area contributed by atoms with Crippen molar-refractivity contribution in [2.75, 3.05) is 38.5 Å². The molecule has 3 aromatic heterocycles. The molecule has 48 heavy (non-hydrogen) atoms. The van der Waals surface area contributed by atoms with Crippen LogP contribution in [-0.2, 0) is 9.47 Å². The number of methoxy groups -OCH3 is 2. The maximum Gasteiger partial charge on any atom is 0.342 e. The van der Waals surface area contributed by atoms with E-state index in [0.29, 0.717) is 33.7 Å². The van der Waals surface area contributed by atoms with Crippen molar-refractivity contribution in [1.29, 1.82) is 0 Å². The highest BCUT2D eigenvalue weighted by molar-refractivity contribution is 9.09. The molecule has 0 aliphatic carbocycles. The number of benzene rings is 2. The van der Waals surface area contributed by atoms with Crippen molar-refractivity contribution in [2.24, 2.45) is 0 Å². The summed E-state index contributed by atoms with van der Waals surface area (Å²) in [4.78, 5) is 39.0. The number of para-hydroxylation sites is 2. The van der Waals surface area contributed by atoms with E-state index in [2.05, 4.69) is 36.2 Å². The molecule has 0 saturated heterocycles. The fourth-order valence-electron chi connectivity index (χ4n) is 3.99. The second-order valence-corrected chi connectivity index (χ2v) is 10.5. The second-order valence-electron chi connectivity index (χ2n) is 9.14. The molecule has 0 atom stereocenters. The van der Waals surface area contributed by atoms with Crippen LogP contribution in [0.1, 0.15) is 44.9 Å². The predicted molar refractivity (Wildman–Crippen MR) is 184 cm³/mol. The van der Waals surface area contributed by atoms with Gasteiger partial charge in [-0.2, -0.15) is 5.10 Å². The van der Waals surface area contributed by atoms with Gasteiger partial charge in [0, 0.05) is 5.56 Å². The number of hydrogen-bond donors (Lipinski definition) is 1. The summed E-state index contributed by atoms with van der Waals surface area (Å²) in [7, 11) is 3.15. The summed E-state index contributed by atoms with van der Waals surface area (Å²) in [5.41, 5.74) is 8.23. The molecule has 0 fully saturated rings. The van der Waals surface area contributed by atoms with E-state index < -0.39 is 11.9 Å². The number of anilines is 1. The standard InChI is InChI=1S/C16H14ClN3O3.C9H9BrO2.C7H8ClN3O2/c1-3-23-16(21)11-8-14(17)19-20-9-12(18-15(11)20)10-6-4-5-7-13(10)22-2;1-12-9-5-3-2-4-7(9)8(11)6-10;1-2-13-7(12)4-3-5(8)10-11-6(4)9/h4-9H,3H2,1-2H3;2-5H,6H2,1H3;3H,2H2,1H3,(H2,9,11). The van der Waals surface area contributed by atoms with E-state index >= 15 is 0 Å². The molecule has 252 valence electrons. The lowest BCUT2D eigenvalue weighted by atomic mass is 10.1. The predicted octanol–water partition coefficient (Wildman–Crippen LogP) is 6.40. The van der Waals surface area contributed by atoms with Gasteiger partial charge in [-0.1, -0.05) is 63.4 Å². The number of rotatable bonds is 9. The van der Waals surface area contributed by atoms with Gasteiger partial charge < -0.3 is 24.7 Å². The molecule has 5 aromatic rings. The first-order chi connectivity index (χ1) is 23.1. The van der Waals surface area contributed by atoms with E-state index in [4.69, 9.17) is 47.9 Å². The van der Waals surface area contributed by atoms with E-state index in [0.717, 1.165) is 5.56 Å². The van der Waals surface area contributed by atoms with Crippen molar-refractivity contribution in [3.8, 4) is 22.8 Å². The minimum atomic E-state index is -0.545. The molecule has 2 aromatic carbocycles. The highest BCUT2D eigenvalue weighted by Crippen LogP contribution is 2.30. The zero-order chi connectivity index (χ0) is 35.2. The largest absolute Gasteiger partial charge is 0.496 e. The molecular weight excluding hydrogens is 731 g/mol. The van der Waals surface area contributed by atoms with E-state index in [1.807, 2.05) is 36.4 Å². The van der Waals surface area contributed by atoms with E-state index in [1.165, 1.54) is 16.6 Å². The van der Waals surface area contributed by atoms with Crippen LogP contribution in [0.25, 0.3) is 16.9 Å². The average Bonchev–Trinajstić information content (AvgIpc) is 3.53. The number of esters is 2. The van der Waals surface area contributed by atoms with Crippen LogP contribution in [0.2, 0.25) is 10.3 Å². The Bertz CT molecular complexity index is 1890. The quantitative estimate of drug-likeness (QED) is 0.0998. The van der Waals surface area contributed by atoms with E-state index in [-0.39, 0.29) is 46.2 Å². The lowest BCUT2D eigenvalue weighted by Crippen LogP contribution is -2.10. The van der Waals surface area contributed by atoms with Crippen molar-refractivity contribution >= 4 is 68.3 Å². The summed E-state index contributed by atoms with van der Waals surface area (Å²) in [5, 5.41) is 11.7. The van der Waals surface area contributed by atoms with Crippen LogP contribution >= 0.6 is 39.1 Å². The van der Waals surface area contributed by atoms with Gasteiger partial charge in [-0.15, -0.1) is 10.2 Å². The van der Waals surface area contributed by atoms with Crippen LogP contribution in [0, 0.1) is 0 Å². The fraction of sp³-hybridized carbons (Fsp3) is 0.219. The molecule has 0 saturated carbocycles. The molecule has 0 unspecified atom stereocenters. The van der Waals surface area contributed by atoms with E-state index in [1.54, 1.807) is 46.4 Å². The molecule has 0 amide bonds. The van der Waals surface area contributed by atoms with Crippen LogP contribution in [-0.4, -0.2) is 75.3 Å². The molecule has 13 nitrogen and oxygen atoms in total. The van der Waals surface area contributed by atoms with Crippen molar-refractivity contribution in [1.82, 2.24) is 24.8 Å². The monoisotopic (exact) mass is 760 g/mol. The molecule has 16 heteroatoms. The number of carbonyl (C=O) groups excluding carboxylic acids is 3. The fourth-order valence-corrected chi connectivity index (χ4v) is 4.63. The number of aromatic nitrogens is 5. The third kappa shape index (κ3) is 9.86. The number of carbonyl (C=O) groups is 3. The third-order valence-corrected chi connectivity index (χ3v) is 6.97. The normalized spacial score (nSPS) is 10.1. The van der Waals surface area contributed by atoms with E-state index in [9.17, 15) is 14.4 Å². The molecule has 5 rings (SSSR count). The average molecular weight is 762 g/mol. The molecule has 0 aliphatic rings. The van der Waals surface area contributed by atoms with Crippen LogP contribution in [0.4, 0.5) is 5.82 Å². The Morgan fingerprint density at radius 2 is 1.40 bits per heavy atom. The molecule has 0 aliphatic heterocycles. The van der Waals surface area contributed by atoms with Gasteiger partial charge in [0.15, 0.2) is 27.6 Å². The second kappa shape index (κ2) is 18.5. The molecule has 0 spiro atoms. The zero-order valence-corrected chi connectivity index (χ0v) is 29.4. The first kappa shape index (κ1) is 37.7. The minimum Gasteiger partial charge on any atom is -0.496 e. The van der Waals surface area contributed by atoms with Crippen molar-refractivity contribution in [2.45, 2.75) is 13.8 Å². The highest BCUT2D eigenvalue weighted by Gasteiger charge is 2.19. The Morgan fingerprint density at radius 1 is 0.812 bits per heavy atom. The summed E-state index contributed by atoms with van der Waals surface area (Å²) in [5.74, 6) is 0.327.